The van der Waals surface area contributed by atoms with Crippen molar-refractivity contribution in [3.05, 3.63) is 48.3 Å². The van der Waals surface area contributed by atoms with Crippen molar-refractivity contribution in [2.75, 3.05) is 0 Å². The second kappa shape index (κ2) is 7.93. The molecule has 1 heterocycles. The summed E-state index contributed by atoms with van der Waals surface area (Å²) in [6.45, 7) is 0. The number of nitrogens with one attached hydrogen (secondary N) is 1. The largest absolute Gasteiger partial charge is 0.391 e. The van der Waals surface area contributed by atoms with Gasteiger partial charge in [-0.05, 0) is 43.4 Å². The molecule has 0 radical (unpaired) electrons. The number of hydrogen-bond donors (Lipinski definition) is 1. The van der Waals surface area contributed by atoms with Crippen LogP contribution in [0.3, 0.4) is 0 Å². The second-order valence-electron chi connectivity index (χ2n) is 6.80. The average molecular weight is 365 g/mol. The van der Waals surface area contributed by atoms with Gasteiger partial charge in [-0.25, -0.2) is 4.68 Å². The van der Waals surface area contributed by atoms with Crippen molar-refractivity contribution in [1.29, 1.82) is 0 Å². The summed E-state index contributed by atoms with van der Waals surface area (Å²) >= 11 is 0. The van der Waals surface area contributed by atoms with Gasteiger partial charge in [0, 0.05) is 18.7 Å². The first-order valence-electron chi connectivity index (χ1n) is 8.87. The lowest BCUT2D eigenvalue weighted by Gasteiger charge is -2.31. The van der Waals surface area contributed by atoms with Crippen molar-refractivity contribution in [2.45, 2.75) is 50.7 Å². The molecule has 2 atom stereocenters. The lowest BCUT2D eigenvalue weighted by molar-refractivity contribution is -0.184. The van der Waals surface area contributed by atoms with Gasteiger partial charge in [-0.2, -0.15) is 18.3 Å². The predicted molar refractivity (Wildman–Crippen MR) is 91.8 cm³/mol. The Labute approximate surface area is 150 Å². The van der Waals surface area contributed by atoms with E-state index in [0.717, 1.165) is 11.3 Å². The van der Waals surface area contributed by atoms with E-state index >= 15 is 0 Å². The molecule has 2 unspecified atom stereocenters. The molecule has 4 nitrogen and oxygen atoms in total. The fraction of sp³-hybridized carbons (Fsp3) is 0.474. The highest BCUT2D eigenvalue weighted by atomic mass is 19.4. The number of aromatic nitrogens is 2. The summed E-state index contributed by atoms with van der Waals surface area (Å²) in [7, 11) is 0. The highest BCUT2D eigenvalue weighted by Crippen LogP contribution is 2.37. The molecule has 1 saturated carbocycles. The van der Waals surface area contributed by atoms with Gasteiger partial charge in [0.15, 0.2) is 0 Å². The molecule has 1 aromatic heterocycles. The van der Waals surface area contributed by atoms with Crippen molar-refractivity contribution in [2.24, 2.45) is 5.92 Å². The molecule has 0 bridgehead atoms. The van der Waals surface area contributed by atoms with Gasteiger partial charge in [-0.3, -0.25) is 4.79 Å². The highest BCUT2D eigenvalue weighted by Gasteiger charge is 2.42. The van der Waals surface area contributed by atoms with Crippen LogP contribution in [-0.4, -0.2) is 27.9 Å². The molecule has 1 fully saturated rings. The first kappa shape index (κ1) is 18.5. The first-order valence-corrected chi connectivity index (χ1v) is 8.87. The van der Waals surface area contributed by atoms with E-state index in [1.807, 2.05) is 36.5 Å². The number of nitrogens with zero attached hydrogens (tertiary/aromatic N) is 2. The van der Waals surface area contributed by atoms with Gasteiger partial charge in [-0.1, -0.05) is 24.6 Å². The average Bonchev–Trinajstić information content (AvgIpc) is 3.09. The monoisotopic (exact) mass is 365 g/mol. The Morgan fingerprint density at radius 1 is 1.23 bits per heavy atom. The van der Waals surface area contributed by atoms with E-state index in [9.17, 15) is 18.0 Å². The van der Waals surface area contributed by atoms with Crippen molar-refractivity contribution in [1.82, 2.24) is 15.1 Å². The van der Waals surface area contributed by atoms with Crippen LogP contribution in [-0.2, 0) is 11.2 Å². The molecule has 0 spiro atoms. The van der Waals surface area contributed by atoms with E-state index in [2.05, 4.69) is 10.4 Å². The SMILES string of the molecule is O=C(CCc1cnn(-c2ccccc2)c1)NC1CCCC(C(F)(F)F)C1. The van der Waals surface area contributed by atoms with Crippen LogP contribution in [0.2, 0.25) is 0 Å². The lowest BCUT2D eigenvalue weighted by Crippen LogP contribution is -2.41. The van der Waals surface area contributed by atoms with Crippen LogP contribution in [0.5, 0.6) is 0 Å². The molecule has 1 N–H and O–H groups in total. The number of amides is 1. The summed E-state index contributed by atoms with van der Waals surface area (Å²) < 4.78 is 40.3. The summed E-state index contributed by atoms with van der Waals surface area (Å²) in [4.78, 5) is 12.1. The Morgan fingerprint density at radius 3 is 2.73 bits per heavy atom. The minimum absolute atomic E-state index is 0.0127. The summed E-state index contributed by atoms with van der Waals surface area (Å²) in [5.74, 6) is -1.50. The van der Waals surface area contributed by atoms with Crippen LogP contribution < -0.4 is 5.32 Å². The van der Waals surface area contributed by atoms with Gasteiger partial charge in [-0.15, -0.1) is 0 Å². The third-order valence-corrected chi connectivity index (χ3v) is 4.80. The van der Waals surface area contributed by atoms with Crippen LogP contribution in [0.25, 0.3) is 5.69 Å². The van der Waals surface area contributed by atoms with Crippen molar-refractivity contribution >= 4 is 5.91 Å². The van der Waals surface area contributed by atoms with Crippen LogP contribution in [0.1, 0.15) is 37.7 Å². The number of aryl methyl sites for hydroxylation is 1. The quantitative estimate of drug-likeness (QED) is 0.869. The van der Waals surface area contributed by atoms with E-state index in [0.29, 0.717) is 19.3 Å². The zero-order chi connectivity index (χ0) is 18.6. The Morgan fingerprint density at radius 2 is 2.00 bits per heavy atom. The van der Waals surface area contributed by atoms with Gasteiger partial charge in [0.1, 0.15) is 0 Å². The highest BCUT2D eigenvalue weighted by molar-refractivity contribution is 5.76. The second-order valence-corrected chi connectivity index (χ2v) is 6.80. The number of carbonyl (C=O) groups excluding carboxylic acids is 1. The normalized spacial score (nSPS) is 20.7. The molecule has 1 aliphatic carbocycles. The Hall–Kier alpha value is -2.31. The molecule has 1 amide bonds. The molecule has 0 aliphatic heterocycles. The topological polar surface area (TPSA) is 46.9 Å². The van der Waals surface area contributed by atoms with Gasteiger partial charge in [0.05, 0.1) is 17.8 Å². The fourth-order valence-electron chi connectivity index (χ4n) is 3.39. The van der Waals surface area contributed by atoms with E-state index in [-0.39, 0.29) is 31.2 Å². The van der Waals surface area contributed by atoms with Gasteiger partial charge in [0.25, 0.3) is 0 Å². The van der Waals surface area contributed by atoms with Crippen LogP contribution in [0, 0.1) is 5.92 Å². The maximum Gasteiger partial charge on any atom is 0.391 e. The number of benzene rings is 1. The molecule has 2 aromatic rings. The molecular formula is C19H22F3N3O. The minimum Gasteiger partial charge on any atom is -0.353 e. The number of rotatable bonds is 5. The number of carbonyl (C=O) groups is 1. The Bertz CT molecular complexity index is 727. The zero-order valence-electron chi connectivity index (χ0n) is 14.4. The van der Waals surface area contributed by atoms with Crippen molar-refractivity contribution < 1.29 is 18.0 Å². The summed E-state index contributed by atoms with van der Waals surface area (Å²) in [5.41, 5.74) is 1.85. The number of alkyl halides is 3. The molecule has 3 rings (SSSR count). The van der Waals surface area contributed by atoms with E-state index in [1.165, 1.54) is 0 Å². The molecular weight excluding hydrogens is 343 g/mol. The maximum absolute atomic E-state index is 12.8. The fourth-order valence-corrected chi connectivity index (χ4v) is 3.39. The predicted octanol–water partition coefficient (Wildman–Crippen LogP) is 4.04. The third kappa shape index (κ3) is 4.86. The molecule has 0 saturated heterocycles. The van der Waals surface area contributed by atoms with Crippen LogP contribution in [0.15, 0.2) is 42.7 Å². The molecule has 140 valence electrons. The molecule has 7 heteroatoms. The zero-order valence-corrected chi connectivity index (χ0v) is 14.4. The van der Waals surface area contributed by atoms with E-state index in [1.54, 1.807) is 10.9 Å². The number of para-hydroxylation sites is 1. The van der Waals surface area contributed by atoms with Gasteiger partial charge >= 0.3 is 6.18 Å². The standard InChI is InChI=1S/C19H22F3N3O/c20-19(21,22)15-5-4-6-16(11-15)24-18(26)10-9-14-12-23-25(13-14)17-7-2-1-3-8-17/h1-3,7-8,12-13,15-16H,4-6,9-11H2,(H,24,26). The third-order valence-electron chi connectivity index (χ3n) is 4.80. The Balaban J connectivity index is 1.48. The van der Waals surface area contributed by atoms with Gasteiger partial charge in [0.2, 0.25) is 5.91 Å². The number of hydrogen-bond acceptors (Lipinski definition) is 2. The van der Waals surface area contributed by atoms with Gasteiger partial charge < -0.3 is 5.32 Å². The van der Waals surface area contributed by atoms with Crippen LogP contribution in [0.4, 0.5) is 13.2 Å². The van der Waals surface area contributed by atoms with Crippen LogP contribution >= 0.6 is 0 Å². The Kier molecular flexibility index (Phi) is 5.64. The van der Waals surface area contributed by atoms with Crippen molar-refractivity contribution in [3.8, 4) is 5.69 Å². The summed E-state index contributed by atoms with van der Waals surface area (Å²) in [6, 6.07) is 9.25. The lowest BCUT2D eigenvalue weighted by atomic mass is 9.85. The molecule has 26 heavy (non-hydrogen) atoms. The molecule has 1 aromatic carbocycles. The minimum atomic E-state index is -4.17. The molecule has 1 aliphatic rings. The smallest absolute Gasteiger partial charge is 0.353 e. The van der Waals surface area contributed by atoms with E-state index < -0.39 is 12.1 Å². The summed E-state index contributed by atoms with van der Waals surface area (Å²) in [5, 5.41) is 7.04. The van der Waals surface area contributed by atoms with Crippen molar-refractivity contribution in [3.63, 3.8) is 0 Å². The first-order chi connectivity index (χ1) is 12.4. The summed E-state index contributed by atoms with van der Waals surface area (Å²) in [6.07, 6.45) is 1.42. The van der Waals surface area contributed by atoms with E-state index in [4.69, 9.17) is 0 Å². The maximum atomic E-state index is 12.8. The number of halogens is 3.